The molecule has 0 N–H and O–H groups in total. The first-order chi connectivity index (χ1) is 17.0. The Balaban J connectivity index is 1.30. The number of piperidine rings is 1. The summed E-state index contributed by atoms with van der Waals surface area (Å²) in [4.78, 5) is 30.3. The van der Waals surface area contributed by atoms with Gasteiger partial charge in [0.05, 0.1) is 5.69 Å². The second kappa shape index (κ2) is 10.1. The van der Waals surface area contributed by atoms with Gasteiger partial charge in [0.2, 0.25) is 5.76 Å². The molecule has 1 atom stereocenters. The predicted octanol–water partition coefficient (Wildman–Crippen LogP) is 3.52. The van der Waals surface area contributed by atoms with E-state index < -0.39 is 0 Å². The summed E-state index contributed by atoms with van der Waals surface area (Å²) in [6.45, 7) is 1.30. The van der Waals surface area contributed by atoms with Crippen LogP contribution in [-0.4, -0.2) is 62.7 Å². The number of carbonyl (C=O) groups excluding carboxylic acids is 2. The number of likely N-dealkylation sites (N-methyl/N-ethyl adjacent to an activating group) is 1. The molecule has 0 radical (unpaired) electrons. The summed E-state index contributed by atoms with van der Waals surface area (Å²) in [6, 6.07) is 12.1. The minimum Gasteiger partial charge on any atom is -0.350 e. The largest absolute Gasteiger partial charge is 0.350 e. The lowest BCUT2D eigenvalue weighted by atomic mass is 9.84. The third-order valence-electron chi connectivity index (χ3n) is 7.56. The number of carbonyl (C=O) groups is 2. The van der Waals surface area contributed by atoms with Gasteiger partial charge < -0.3 is 14.3 Å². The van der Waals surface area contributed by atoms with Crippen LogP contribution < -0.4 is 0 Å². The minimum absolute atomic E-state index is 0.0159. The monoisotopic (exact) mass is 475 g/mol. The number of rotatable bonds is 6. The maximum absolute atomic E-state index is 13.3. The third kappa shape index (κ3) is 4.88. The van der Waals surface area contributed by atoms with Gasteiger partial charge in [0.25, 0.3) is 11.8 Å². The van der Waals surface area contributed by atoms with Crippen LogP contribution >= 0.6 is 0 Å². The van der Waals surface area contributed by atoms with Crippen LogP contribution in [-0.2, 0) is 26.3 Å². The van der Waals surface area contributed by atoms with Crippen molar-refractivity contribution in [1.82, 2.24) is 24.7 Å². The Morgan fingerprint density at radius 2 is 1.86 bits per heavy atom. The van der Waals surface area contributed by atoms with E-state index in [4.69, 9.17) is 4.52 Å². The molecule has 2 aromatic heterocycles. The van der Waals surface area contributed by atoms with E-state index in [0.29, 0.717) is 24.5 Å². The number of benzene rings is 1. The van der Waals surface area contributed by atoms with E-state index in [1.165, 1.54) is 5.56 Å². The quantitative estimate of drug-likeness (QED) is 0.545. The molecule has 1 aliphatic carbocycles. The Morgan fingerprint density at radius 3 is 2.57 bits per heavy atom. The van der Waals surface area contributed by atoms with Gasteiger partial charge in [-0.3, -0.25) is 14.3 Å². The van der Waals surface area contributed by atoms with Crippen molar-refractivity contribution in [1.29, 1.82) is 0 Å². The minimum atomic E-state index is -0.0710. The molecule has 0 spiro atoms. The van der Waals surface area contributed by atoms with Crippen LogP contribution in [0.25, 0.3) is 0 Å². The fourth-order valence-electron chi connectivity index (χ4n) is 5.53. The molecule has 0 bridgehead atoms. The summed E-state index contributed by atoms with van der Waals surface area (Å²) in [6.07, 6.45) is 8.17. The zero-order valence-electron chi connectivity index (χ0n) is 20.5. The van der Waals surface area contributed by atoms with Gasteiger partial charge in [-0.25, -0.2) is 0 Å². The van der Waals surface area contributed by atoms with Gasteiger partial charge in [-0.2, -0.15) is 5.10 Å². The van der Waals surface area contributed by atoms with Gasteiger partial charge in [-0.1, -0.05) is 35.5 Å². The molecule has 3 aromatic rings. The Morgan fingerprint density at radius 1 is 1.11 bits per heavy atom. The van der Waals surface area contributed by atoms with Crippen molar-refractivity contribution < 1.29 is 14.1 Å². The maximum atomic E-state index is 13.3. The Hall–Kier alpha value is -3.42. The number of fused-ring (bicyclic) bond motifs is 1. The predicted molar refractivity (Wildman–Crippen MR) is 131 cm³/mol. The van der Waals surface area contributed by atoms with E-state index in [2.05, 4.69) is 22.4 Å². The van der Waals surface area contributed by atoms with E-state index in [0.717, 1.165) is 56.2 Å². The van der Waals surface area contributed by atoms with Crippen LogP contribution in [0, 0.1) is 5.92 Å². The van der Waals surface area contributed by atoms with Gasteiger partial charge in [0.1, 0.15) is 5.69 Å². The van der Waals surface area contributed by atoms with Gasteiger partial charge >= 0.3 is 0 Å². The number of aromatic nitrogens is 3. The van der Waals surface area contributed by atoms with Crippen LogP contribution in [0.2, 0.25) is 0 Å². The first-order valence-electron chi connectivity index (χ1n) is 12.6. The van der Waals surface area contributed by atoms with Crippen molar-refractivity contribution in [3.8, 4) is 0 Å². The van der Waals surface area contributed by atoms with E-state index in [1.54, 1.807) is 16.9 Å². The highest BCUT2D eigenvalue weighted by Gasteiger charge is 2.35. The molecule has 5 rings (SSSR count). The number of nitrogens with zero attached hydrogens (tertiary/aromatic N) is 5. The molecule has 1 aromatic carbocycles. The zero-order valence-corrected chi connectivity index (χ0v) is 20.5. The maximum Gasteiger partial charge on any atom is 0.292 e. The molecule has 35 heavy (non-hydrogen) atoms. The molecule has 8 heteroatoms. The topological polar surface area (TPSA) is 84.5 Å². The van der Waals surface area contributed by atoms with Crippen molar-refractivity contribution in [2.75, 3.05) is 20.1 Å². The Kier molecular flexibility index (Phi) is 6.70. The van der Waals surface area contributed by atoms with E-state index >= 15 is 0 Å². The number of likely N-dealkylation sites (tertiary alicyclic amines) is 1. The highest BCUT2D eigenvalue weighted by atomic mass is 16.5. The first-order valence-corrected chi connectivity index (χ1v) is 12.6. The highest BCUT2D eigenvalue weighted by molar-refractivity contribution is 5.93. The molecular formula is C27H33N5O3. The lowest BCUT2D eigenvalue weighted by Crippen LogP contribution is -2.48. The van der Waals surface area contributed by atoms with Crippen LogP contribution in [0.15, 0.2) is 47.1 Å². The summed E-state index contributed by atoms with van der Waals surface area (Å²) in [5.41, 5.74) is 3.61. The smallest absolute Gasteiger partial charge is 0.292 e. The summed E-state index contributed by atoms with van der Waals surface area (Å²) < 4.78 is 7.16. The Labute approximate surface area is 205 Å². The molecule has 1 fully saturated rings. The standard InChI is InChI=1S/C27H33N5O3/c1-30-15-14-23(28-30)26(33)31(2)24(18-19-8-4-3-5-9-19)20-12-16-32(17-13-20)27(34)25-21-10-6-7-11-22(21)29-35-25/h3-5,8-9,14-15,20,24H,6-7,10-13,16-18H2,1-2H3/t24-/m0/s1. The number of amides is 2. The summed E-state index contributed by atoms with van der Waals surface area (Å²) in [5, 5.41) is 8.48. The molecule has 184 valence electrons. The Bertz CT molecular complexity index is 1180. The van der Waals surface area contributed by atoms with Crippen LogP contribution in [0.5, 0.6) is 0 Å². The molecule has 8 nitrogen and oxygen atoms in total. The van der Waals surface area contributed by atoms with Gasteiger partial charge in [-0.15, -0.1) is 0 Å². The number of aryl methyl sites for hydroxylation is 2. The van der Waals surface area contributed by atoms with E-state index in [-0.39, 0.29) is 23.8 Å². The molecule has 2 aliphatic rings. The second-order valence-corrected chi connectivity index (χ2v) is 9.82. The van der Waals surface area contributed by atoms with Crippen molar-refractivity contribution >= 4 is 11.8 Å². The molecule has 2 amide bonds. The lowest BCUT2D eigenvalue weighted by Gasteiger charge is -2.39. The molecular weight excluding hydrogens is 442 g/mol. The normalized spacial score (nSPS) is 17.1. The molecule has 0 saturated carbocycles. The third-order valence-corrected chi connectivity index (χ3v) is 7.56. The van der Waals surface area contributed by atoms with Crippen LogP contribution in [0.1, 0.15) is 63.5 Å². The van der Waals surface area contributed by atoms with Crippen LogP contribution in [0.4, 0.5) is 0 Å². The van der Waals surface area contributed by atoms with Crippen molar-refractivity contribution in [3.63, 3.8) is 0 Å². The average Bonchev–Trinajstić information content (AvgIpc) is 3.53. The van der Waals surface area contributed by atoms with E-state index in [9.17, 15) is 9.59 Å². The summed E-state index contributed by atoms with van der Waals surface area (Å²) >= 11 is 0. The highest BCUT2D eigenvalue weighted by Crippen LogP contribution is 2.30. The van der Waals surface area contributed by atoms with Gasteiger partial charge in [0.15, 0.2) is 0 Å². The van der Waals surface area contributed by atoms with Gasteiger partial charge in [0, 0.05) is 45.0 Å². The molecule has 3 heterocycles. The average molecular weight is 476 g/mol. The molecule has 1 saturated heterocycles. The van der Waals surface area contributed by atoms with Crippen molar-refractivity contribution in [2.24, 2.45) is 13.0 Å². The molecule has 0 unspecified atom stereocenters. The second-order valence-electron chi connectivity index (χ2n) is 9.82. The van der Waals surface area contributed by atoms with E-state index in [1.807, 2.05) is 42.1 Å². The van der Waals surface area contributed by atoms with Crippen molar-refractivity contribution in [2.45, 2.75) is 51.0 Å². The summed E-state index contributed by atoms with van der Waals surface area (Å²) in [7, 11) is 3.69. The number of hydrogen-bond donors (Lipinski definition) is 0. The van der Waals surface area contributed by atoms with Crippen LogP contribution in [0.3, 0.4) is 0 Å². The molecule has 1 aliphatic heterocycles. The first kappa shape index (κ1) is 23.3. The summed E-state index contributed by atoms with van der Waals surface area (Å²) in [5.74, 6) is 0.594. The SMILES string of the molecule is CN(C(=O)c1ccn(C)n1)[C@@H](Cc1ccccc1)C1CCN(C(=O)c2onc3c2CCCC3)CC1. The van der Waals surface area contributed by atoms with Crippen molar-refractivity contribution in [3.05, 3.63) is 70.9 Å². The fraction of sp³-hybridized carbons (Fsp3) is 0.481. The zero-order chi connectivity index (χ0) is 24.4. The number of hydrogen-bond acceptors (Lipinski definition) is 5. The lowest BCUT2D eigenvalue weighted by molar-refractivity contribution is 0.0499. The van der Waals surface area contributed by atoms with Gasteiger partial charge in [-0.05, 0) is 62.5 Å². The fourth-order valence-corrected chi connectivity index (χ4v) is 5.53.